The van der Waals surface area contributed by atoms with Crippen LogP contribution in [0.1, 0.15) is 50.2 Å². The molecule has 2 aliphatic rings. The molecule has 4 rings (SSSR count). The maximum Gasteiger partial charge on any atom is 0.229 e. The van der Waals surface area contributed by atoms with Gasteiger partial charge in [-0.3, -0.25) is 9.59 Å². The molecular weight excluding hydrogens is 476 g/mol. The molecule has 1 heterocycles. The Morgan fingerprint density at radius 3 is 2.28 bits per heavy atom. The average Bonchev–Trinajstić information content (AvgIpc) is 2.86. The maximum absolute atomic E-state index is 13.5. The number of unbranched alkanes of at least 4 members (excludes halogenated alkanes) is 1. The average molecular weight is 504 g/mol. The first kappa shape index (κ1) is 26.0. The van der Waals surface area contributed by atoms with Crippen molar-refractivity contribution in [2.45, 2.75) is 50.0 Å². The summed E-state index contributed by atoms with van der Waals surface area (Å²) in [5, 5.41) is 59.6. The number of hydrogen-bond acceptors (Lipinski definition) is 11. The number of aliphatic hydroxyl groups excluding tert-OH is 5. The lowest BCUT2D eigenvalue weighted by atomic mass is 9.81. The number of aryl methyl sites for hydroxylation is 1. The van der Waals surface area contributed by atoms with Crippen molar-refractivity contribution in [2.75, 3.05) is 20.3 Å². The number of ether oxygens (including phenoxy) is 3. The molecule has 2 aromatic rings. The van der Waals surface area contributed by atoms with Crippen LogP contribution in [0.25, 0.3) is 0 Å². The zero-order valence-corrected chi connectivity index (χ0v) is 19.5. The quantitative estimate of drug-likeness (QED) is 0.221. The van der Waals surface area contributed by atoms with Gasteiger partial charge in [0.1, 0.15) is 41.7 Å². The Morgan fingerprint density at radius 2 is 1.61 bits per heavy atom. The maximum atomic E-state index is 13.5. The van der Waals surface area contributed by atoms with Crippen molar-refractivity contribution in [2.24, 2.45) is 0 Å². The summed E-state index contributed by atoms with van der Waals surface area (Å²) in [6.07, 6.45) is -6.27. The molecule has 0 amide bonds. The van der Waals surface area contributed by atoms with Crippen LogP contribution in [0.5, 0.6) is 17.2 Å². The summed E-state index contributed by atoms with van der Waals surface area (Å²) in [5.74, 6) is -1.71. The molecule has 194 valence electrons. The van der Waals surface area contributed by atoms with Crippen LogP contribution in [0.4, 0.5) is 0 Å². The van der Waals surface area contributed by atoms with Crippen LogP contribution < -0.4 is 9.47 Å². The van der Waals surface area contributed by atoms with Crippen molar-refractivity contribution < 1.29 is 54.4 Å². The molecule has 0 radical (unpaired) electrons. The van der Waals surface area contributed by atoms with Gasteiger partial charge in [-0.25, -0.2) is 0 Å². The molecule has 6 N–H and O–H groups in total. The first-order chi connectivity index (χ1) is 17.2. The highest BCUT2D eigenvalue weighted by molar-refractivity contribution is 6.30. The van der Waals surface area contributed by atoms with E-state index in [4.69, 9.17) is 19.3 Å². The van der Waals surface area contributed by atoms with Gasteiger partial charge in [0, 0.05) is 23.8 Å². The summed E-state index contributed by atoms with van der Waals surface area (Å²) in [4.78, 5) is 27.0. The number of aromatic hydroxyl groups is 1. The first-order valence-electron chi connectivity index (χ1n) is 11.5. The van der Waals surface area contributed by atoms with Gasteiger partial charge in [-0.2, -0.15) is 0 Å². The topological polar surface area (TPSA) is 183 Å². The number of phenolic OH excluding ortho intramolecular Hbond substituents is 1. The summed E-state index contributed by atoms with van der Waals surface area (Å²) < 4.78 is 16.3. The summed E-state index contributed by atoms with van der Waals surface area (Å²) in [6, 6.07) is 5.58. The van der Waals surface area contributed by atoms with E-state index in [0.717, 1.165) is 0 Å². The van der Waals surface area contributed by atoms with E-state index in [-0.39, 0.29) is 46.1 Å². The first-order valence-corrected chi connectivity index (χ1v) is 11.5. The molecular formula is C25H28O11. The summed E-state index contributed by atoms with van der Waals surface area (Å²) in [6.45, 7) is -0.668. The molecule has 11 nitrogen and oxygen atoms in total. The molecule has 1 fully saturated rings. The van der Waals surface area contributed by atoms with Crippen molar-refractivity contribution >= 4 is 11.6 Å². The summed E-state index contributed by atoms with van der Waals surface area (Å²) >= 11 is 0. The van der Waals surface area contributed by atoms with Crippen LogP contribution >= 0.6 is 0 Å². The fraction of sp³-hybridized carbons (Fsp3) is 0.440. The molecule has 1 saturated heterocycles. The summed E-state index contributed by atoms with van der Waals surface area (Å²) in [5.41, 5.74) is 0.178. The number of aliphatic hydroxyl groups is 5. The van der Waals surface area contributed by atoms with E-state index < -0.39 is 48.9 Å². The fourth-order valence-corrected chi connectivity index (χ4v) is 4.46. The molecule has 1 aliphatic carbocycles. The number of carbonyl (C=O) groups excluding carboxylic acids is 2. The lowest BCUT2D eigenvalue weighted by molar-refractivity contribution is -0.277. The Labute approximate surface area is 206 Å². The molecule has 5 atom stereocenters. The Hall–Kier alpha value is -3.06. The molecule has 0 aromatic heterocycles. The molecule has 0 saturated carbocycles. The Kier molecular flexibility index (Phi) is 7.59. The Morgan fingerprint density at radius 1 is 0.889 bits per heavy atom. The number of carbonyl (C=O) groups is 2. The highest BCUT2D eigenvalue weighted by Crippen LogP contribution is 2.41. The van der Waals surface area contributed by atoms with E-state index in [1.807, 2.05) is 0 Å². The van der Waals surface area contributed by atoms with E-state index in [1.54, 1.807) is 0 Å². The molecule has 36 heavy (non-hydrogen) atoms. The van der Waals surface area contributed by atoms with Gasteiger partial charge in [-0.05, 0) is 43.0 Å². The second-order valence-electron chi connectivity index (χ2n) is 8.74. The van der Waals surface area contributed by atoms with Gasteiger partial charge >= 0.3 is 0 Å². The van der Waals surface area contributed by atoms with Crippen molar-refractivity contribution in [3.05, 3.63) is 52.1 Å². The Bertz CT molecular complexity index is 1160. The zero-order chi connectivity index (χ0) is 26.1. The molecule has 11 heteroatoms. The van der Waals surface area contributed by atoms with Crippen molar-refractivity contribution in [3.63, 3.8) is 0 Å². The summed E-state index contributed by atoms with van der Waals surface area (Å²) in [7, 11) is 1.34. The highest BCUT2D eigenvalue weighted by Gasteiger charge is 2.45. The van der Waals surface area contributed by atoms with Crippen LogP contribution in [0.2, 0.25) is 0 Å². The normalized spacial score (nSPS) is 25.3. The van der Waals surface area contributed by atoms with Gasteiger partial charge in [0.25, 0.3) is 0 Å². The Balaban J connectivity index is 1.75. The number of rotatable bonds is 8. The van der Waals surface area contributed by atoms with E-state index in [9.17, 15) is 35.1 Å². The third-order valence-corrected chi connectivity index (χ3v) is 6.40. The number of ketones is 2. The van der Waals surface area contributed by atoms with Crippen molar-refractivity contribution in [1.82, 2.24) is 0 Å². The van der Waals surface area contributed by atoms with Gasteiger partial charge in [0.2, 0.25) is 12.1 Å². The van der Waals surface area contributed by atoms with E-state index >= 15 is 0 Å². The van der Waals surface area contributed by atoms with Crippen LogP contribution in [0.3, 0.4) is 0 Å². The predicted molar refractivity (Wildman–Crippen MR) is 122 cm³/mol. The number of methoxy groups -OCH3 is 1. The number of phenols is 1. The second kappa shape index (κ2) is 10.5. The van der Waals surface area contributed by atoms with Gasteiger partial charge in [-0.15, -0.1) is 0 Å². The predicted octanol–water partition coefficient (Wildman–Crippen LogP) is -0.330. The number of benzene rings is 2. The molecule has 1 aliphatic heterocycles. The smallest absolute Gasteiger partial charge is 0.229 e. The van der Waals surface area contributed by atoms with E-state index in [2.05, 4.69) is 0 Å². The third kappa shape index (κ3) is 4.57. The molecule has 0 unspecified atom stereocenters. The van der Waals surface area contributed by atoms with E-state index in [1.165, 1.54) is 31.4 Å². The lowest BCUT2D eigenvalue weighted by Gasteiger charge is -2.39. The minimum atomic E-state index is -1.75. The van der Waals surface area contributed by atoms with Gasteiger partial charge < -0.3 is 44.8 Å². The van der Waals surface area contributed by atoms with E-state index in [0.29, 0.717) is 24.8 Å². The van der Waals surface area contributed by atoms with Gasteiger partial charge in [-0.1, -0.05) is 0 Å². The standard InChI is InChI=1S/C25H28O11/c1-34-12-8-14-19(16(9-12)35-25-24(33)23(32)21(30)17(10-27)36-25)22(31)18-13(20(14)29)6-11(7-15(18)28)4-2-3-5-26/h6-9,17,21,23-28,30,32-33H,2-5,10H2,1H3/t17-,21-,23+,24-,25+/m1/s1. The second-order valence-corrected chi connectivity index (χ2v) is 8.74. The zero-order valence-electron chi connectivity index (χ0n) is 19.5. The molecule has 0 spiro atoms. The van der Waals surface area contributed by atoms with Crippen molar-refractivity contribution in [1.29, 1.82) is 0 Å². The monoisotopic (exact) mass is 504 g/mol. The van der Waals surface area contributed by atoms with Crippen LogP contribution in [-0.4, -0.2) is 93.2 Å². The minimum absolute atomic E-state index is 0.0125. The number of fused-ring (bicyclic) bond motifs is 2. The minimum Gasteiger partial charge on any atom is -0.507 e. The fourth-order valence-electron chi connectivity index (χ4n) is 4.46. The number of hydrogen-bond donors (Lipinski definition) is 6. The third-order valence-electron chi connectivity index (χ3n) is 6.40. The SMILES string of the molecule is COc1cc(O[C@H]2O[C@H](CO)[C@@H](O)[C@H](O)[C@H]2O)c2c(c1)C(=O)c1cc(CCCCO)cc(O)c1C2=O. The molecule has 0 bridgehead atoms. The van der Waals surface area contributed by atoms with Gasteiger partial charge in [0.05, 0.1) is 24.8 Å². The highest BCUT2D eigenvalue weighted by atomic mass is 16.7. The van der Waals surface area contributed by atoms with Crippen LogP contribution in [0, 0.1) is 0 Å². The largest absolute Gasteiger partial charge is 0.507 e. The van der Waals surface area contributed by atoms with Crippen LogP contribution in [0.15, 0.2) is 24.3 Å². The van der Waals surface area contributed by atoms with Crippen LogP contribution in [-0.2, 0) is 11.2 Å². The van der Waals surface area contributed by atoms with Gasteiger partial charge in [0.15, 0.2) is 5.78 Å². The lowest BCUT2D eigenvalue weighted by Crippen LogP contribution is -2.60. The molecule has 2 aromatic carbocycles. The van der Waals surface area contributed by atoms with Crippen molar-refractivity contribution in [3.8, 4) is 17.2 Å².